The fourth-order valence-electron chi connectivity index (χ4n) is 2.67. The maximum Gasteiger partial charge on any atom is 0.225 e. The second-order valence-corrected chi connectivity index (χ2v) is 7.00. The average Bonchev–Trinajstić information content (AvgIpc) is 2.38. The third-order valence-electron chi connectivity index (χ3n) is 4.25. The SMILES string of the molecule is CC(C)C(O)CCNC(=O)C(C)(C)CC1CCOCC1. The molecule has 0 aromatic rings. The number of aliphatic hydroxyl groups excluding tert-OH is 1. The van der Waals surface area contributed by atoms with Crippen molar-refractivity contribution < 1.29 is 14.6 Å². The van der Waals surface area contributed by atoms with Crippen molar-refractivity contribution in [2.24, 2.45) is 17.3 Å². The summed E-state index contributed by atoms with van der Waals surface area (Å²) in [6.07, 6.45) is 3.31. The molecule has 1 aliphatic rings. The van der Waals surface area contributed by atoms with Crippen LogP contribution in [0.25, 0.3) is 0 Å². The Balaban J connectivity index is 2.32. The van der Waals surface area contributed by atoms with Gasteiger partial charge in [-0.25, -0.2) is 0 Å². The molecule has 0 aromatic carbocycles. The normalized spacial score (nSPS) is 19.1. The molecule has 0 saturated carbocycles. The summed E-state index contributed by atoms with van der Waals surface area (Å²) in [6, 6.07) is 0. The average molecular weight is 285 g/mol. The molecular weight excluding hydrogens is 254 g/mol. The third kappa shape index (κ3) is 5.80. The van der Waals surface area contributed by atoms with Crippen molar-refractivity contribution in [2.45, 2.75) is 59.5 Å². The highest BCUT2D eigenvalue weighted by molar-refractivity contribution is 5.81. The lowest BCUT2D eigenvalue weighted by molar-refractivity contribution is -0.130. The Morgan fingerprint density at radius 3 is 2.50 bits per heavy atom. The molecule has 118 valence electrons. The van der Waals surface area contributed by atoms with Crippen LogP contribution in [-0.4, -0.2) is 36.9 Å². The van der Waals surface area contributed by atoms with E-state index in [1.807, 2.05) is 27.7 Å². The van der Waals surface area contributed by atoms with Crippen molar-refractivity contribution in [3.63, 3.8) is 0 Å². The van der Waals surface area contributed by atoms with Gasteiger partial charge in [-0.2, -0.15) is 0 Å². The van der Waals surface area contributed by atoms with Gasteiger partial charge < -0.3 is 15.2 Å². The Morgan fingerprint density at radius 2 is 1.95 bits per heavy atom. The summed E-state index contributed by atoms with van der Waals surface area (Å²) in [5.74, 6) is 0.924. The molecule has 0 radical (unpaired) electrons. The zero-order valence-corrected chi connectivity index (χ0v) is 13.4. The van der Waals surface area contributed by atoms with E-state index in [2.05, 4.69) is 5.32 Å². The van der Waals surface area contributed by atoms with Gasteiger partial charge in [0.15, 0.2) is 0 Å². The topological polar surface area (TPSA) is 58.6 Å². The van der Waals surface area contributed by atoms with Crippen LogP contribution in [0.1, 0.15) is 53.4 Å². The van der Waals surface area contributed by atoms with Crippen LogP contribution < -0.4 is 5.32 Å². The minimum atomic E-state index is -0.342. The number of hydrogen-bond donors (Lipinski definition) is 2. The predicted octanol–water partition coefficient (Wildman–Crippen LogP) is 2.35. The number of nitrogens with one attached hydrogen (secondary N) is 1. The first-order valence-electron chi connectivity index (χ1n) is 7.87. The Morgan fingerprint density at radius 1 is 1.35 bits per heavy atom. The third-order valence-corrected chi connectivity index (χ3v) is 4.25. The number of rotatable bonds is 7. The molecule has 1 saturated heterocycles. The minimum absolute atomic E-state index is 0.0972. The molecule has 0 aliphatic carbocycles. The van der Waals surface area contributed by atoms with Gasteiger partial charge >= 0.3 is 0 Å². The Hall–Kier alpha value is -0.610. The van der Waals surface area contributed by atoms with Gasteiger partial charge in [0.25, 0.3) is 0 Å². The highest BCUT2D eigenvalue weighted by Crippen LogP contribution is 2.31. The summed E-state index contributed by atoms with van der Waals surface area (Å²) >= 11 is 0. The van der Waals surface area contributed by atoms with E-state index in [4.69, 9.17) is 4.74 Å². The number of hydrogen-bond acceptors (Lipinski definition) is 3. The van der Waals surface area contributed by atoms with Gasteiger partial charge in [0, 0.05) is 25.2 Å². The van der Waals surface area contributed by atoms with E-state index in [1.165, 1.54) is 0 Å². The van der Waals surface area contributed by atoms with Gasteiger partial charge in [0.1, 0.15) is 0 Å². The highest BCUT2D eigenvalue weighted by Gasteiger charge is 2.31. The van der Waals surface area contributed by atoms with Crippen LogP contribution in [0.2, 0.25) is 0 Å². The maximum atomic E-state index is 12.3. The number of carbonyl (C=O) groups excluding carboxylic acids is 1. The lowest BCUT2D eigenvalue weighted by Crippen LogP contribution is -2.40. The van der Waals surface area contributed by atoms with Crippen molar-refractivity contribution in [2.75, 3.05) is 19.8 Å². The van der Waals surface area contributed by atoms with Crippen LogP contribution in [0.5, 0.6) is 0 Å². The molecule has 4 nitrogen and oxygen atoms in total. The molecule has 1 heterocycles. The summed E-state index contributed by atoms with van der Waals surface area (Å²) in [6.45, 7) is 10.2. The Labute approximate surface area is 123 Å². The highest BCUT2D eigenvalue weighted by atomic mass is 16.5. The molecular formula is C16H31NO3. The summed E-state index contributed by atoms with van der Waals surface area (Å²) in [7, 11) is 0. The minimum Gasteiger partial charge on any atom is -0.393 e. The van der Waals surface area contributed by atoms with Crippen LogP contribution in [0.3, 0.4) is 0 Å². The van der Waals surface area contributed by atoms with E-state index in [9.17, 15) is 9.90 Å². The smallest absolute Gasteiger partial charge is 0.225 e. The summed E-state index contributed by atoms with van der Waals surface area (Å²) in [5.41, 5.74) is -0.342. The van der Waals surface area contributed by atoms with Crippen molar-refractivity contribution >= 4 is 5.91 Å². The molecule has 2 N–H and O–H groups in total. The first kappa shape index (κ1) is 17.4. The maximum absolute atomic E-state index is 12.3. The van der Waals surface area contributed by atoms with E-state index in [0.717, 1.165) is 32.5 Å². The van der Waals surface area contributed by atoms with Gasteiger partial charge in [-0.05, 0) is 37.5 Å². The van der Waals surface area contributed by atoms with E-state index < -0.39 is 0 Å². The van der Waals surface area contributed by atoms with Gasteiger partial charge in [0.05, 0.1) is 6.10 Å². The molecule has 1 aliphatic heterocycles. The van der Waals surface area contributed by atoms with E-state index in [-0.39, 0.29) is 23.3 Å². The van der Waals surface area contributed by atoms with E-state index in [0.29, 0.717) is 18.9 Å². The largest absolute Gasteiger partial charge is 0.393 e. The number of ether oxygens (including phenoxy) is 1. The predicted molar refractivity (Wildman–Crippen MR) is 80.4 cm³/mol. The Bertz CT molecular complexity index is 296. The summed E-state index contributed by atoms with van der Waals surface area (Å²) < 4.78 is 5.36. The lowest BCUT2D eigenvalue weighted by atomic mass is 9.79. The summed E-state index contributed by atoms with van der Waals surface area (Å²) in [5, 5.41) is 12.7. The van der Waals surface area contributed by atoms with Gasteiger partial charge in [0.2, 0.25) is 5.91 Å². The molecule has 1 amide bonds. The first-order valence-corrected chi connectivity index (χ1v) is 7.87. The number of carbonyl (C=O) groups is 1. The fourth-order valence-corrected chi connectivity index (χ4v) is 2.67. The van der Waals surface area contributed by atoms with Crippen LogP contribution in [0, 0.1) is 17.3 Å². The van der Waals surface area contributed by atoms with Crippen molar-refractivity contribution in [3.8, 4) is 0 Å². The van der Waals surface area contributed by atoms with Crippen molar-refractivity contribution in [1.82, 2.24) is 5.32 Å². The van der Waals surface area contributed by atoms with Gasteiger partial charge in [-0.1, -0.05) is 27.7 Å². The van der Waals surface area contributed by atoms with Crippen LogP contribution in [0.4, 0.5) is 0 Å². The first-order chi connectivity index (χ1) is 9.33. The van der Waals surface area contributed by atoms with Gasteiger partial charge in [-0.3, -0.25) is 4.79 Å². The monoisotopic (exact) mass is 285 g/mol. The quantitative estimate of drug-likeness (QED) is 0.755. The molecule has 1 fully saturated rings. The Kier molecular flexibility index (Phi) is 6.96. The summed E-state index contributed by atoms with van der Waals surface area (Å²) in [4.78, 5) is 12.3. The fraction of sp³-hybridized carbons (Fsp3) is 0.938. The van der Waals surface area contributed by atoms with Crippen molar-refractivity contribution in [3.05, 3.63) is 0 Å². The molecule has 1 unspecified atom stereocenters. The molecule has 1 atom stereocenters. The van der Waals surface area contributed by atoms with Crippen molar-refractivity contribution in [1.29, 1.82) is 0 Å². The second kappa shape index (κ2) is 7.99. The molecule has 4 heteroatoms. The van der Waals surface area contributed by atoms with Crippen LogP contribution in [0.15, 0.2) is 0 Å². The number of aliphatic hydroxyl groups is 1. The van der Waals surface area contributed by atoms with Crippen LogP contribution >= 0.6 is 0 Å². The van der Waals surface area contributed by atoms with E-state index >= 15 is 0 Å². The number of amides is 1. The molecule has 0 aromatic heterocycles. The molecule has 0 bridgehead atoms. The molecule has 0 spiro atoms. The lowest BCUT2D eigenvalue weighted by Gasteiger charge is -2.31. The standard InChI is InChI=1S/C16H31NO3/c1-12(2)14(18)5-8-17-15(19)16(3,4)11-13-6-9-20-10-7-13/h12-14,18H,5-11H2,1-4H3,(H,17,19). The molecule has 1 rings (SSSR count). The zero-order valence-electron chi connectivity index (χ0n) is 13.4. The zero-order chi connectivity index (χ0) is 15.2. The van der Waals surface area contributed by atoms with Crippen LogP contribution in [-0.2, 0) is 9.53 Å². The molecule has 20 heavy (non-hydrogen) atoms. The van der Waals surface area contributed by atoms with E-state index in [1.54, 1.807) is 0 Å². The van der Waals surface area contributed by atoms with Gasteiger partial charge in [-0.15, -0.1) is 0 Å². The second-order valence-electron chi connectivity index (χ2n) is 7.00.